The largest absolute Gasteiger partial charge is 0.326 e. The molecule has 0 saturated carbocycles. The average molecular weight is 201 g/mol. The van der Waals surface area contributed by atoms with E-state index in [-0.39, 0.29) is 16.2 Å². The van der Waals surface area contributed by atoms with Crippen molar-refractivity contribution in [2.45, 2.75) is 19.8 Å². The fourth-order valence-electron chi connectivity index (χ4n) is 1.14. The van der Waals surface area contributed by atoms with E-state index >= 15 is 0 Å². The van der Waals surface area contributed by atoms with Gasteiger partial charge in [-0.2, -0.15) is 0 Å². The lowest BCUT2D eigenvalue weighted by molar-refractivity contribution is -0.386. The van der Waals surface area contributed by atoms with Crippen LogP contribution in [0.25, 0.3) is 0 Å². The number of aromatic nitrogens is 2. The average Bonchev–Trinajstić information content (AvgIpc) is 2.28. The Morgan fingerprint density at radius 1 is 1.62 bits per heavy atom. The Labute approximate surface area is 80.5 Å². The highest BCUT2D eigenvalue weighted by molar-refractivity contribution is 7.71. The molecule has 13 heavy (non-hydrogen) atoms. The number of aromatic amines is 1. The first-order valence-electron chi connectivity index (χ1n) is 3.88. The molecule has 6 heteroatoms. The van der Waals surface area contributed by atoms with Crippen LogP contribution < -0.4 is 0 Å². The molecule has 0 aromatic carbocycles. The predicted octanol–water partition coefficient (Wildman–Crippen LogP) is 2.11. The second-order valence-electron chi connectivity index (χ2n) is 3.15. The van der Waals surface area contributed by atoms with E-state index in [4.69, 9.17) is 12.2 Å². The SMILES string of the molecule is CC(C)c1[nH]n(C)c(=S)c1[N+](=O)[O-]. The van der Waals surface area contributed by atoms with Crippen LogP contribution in [0.3, 0.4) is 0 Å². The summed E-state index contributed by atoms with van der Waals surface area (Å²) in [5.74, 6) is 0.0725. The van der Waals surface area contributed by atoms with E-state index in [0.717, 1.165) is 0 Å². The van der Waals surface area contributed by atoms with Gasteiger partial charge in [0.25, 0.3) is 0 Å². The van der Waals surface area contributed by atoms with Gasteiger partial charge < -0.3 is 0 Å². The molecule has 0 aliphatic carbocycles. The molecule has 0 spiro atoms. The minimum Gasteiger partial charge on any atom is -0.295 e. The van der Waals surface area contributed by atoms with E-state index in [1.807, 2.05) is 13.8 Å². The number of hydrogen-bond acceptors (Lipinski definition) is 3. The first-order valence-corrected chi connectivity index (χ1v) is 4.29. The second-order valence-corrected chi connectivity index (χ2v) is 3.54. The van der Waals surface area contributed by atoms with Gasteiger partial charge in [-0.3, -0.25) is 19.9 Å². The van der Waals surface area contributed by atoms with Crippen molar-refractivity contribution in [2.75, 3.05) is 0 Å². The molecule has 0 atom stereocenters. The number of hydrogen-bond donors (Lipinski definition) is 1. The van der Waals surface area contributed by atoms with Gasteiger partial charge in [0.1, 0.15) is 5.69 Å². The van der Waals surface area contributed by atoms with Gasteiger partial charge in [-0.25, -0.2) is 0 Å². The summed E-state index contributed by atoms with van der Waals surface area (Å²) >= 11 is 4.90. The number of rotatable bonds is 2. The fourth-order valence-corrected chi connectivity index (χ4v) is 1.37. The number of nitro groups is 1. The van der Waals surface area contributed by atoms with Crippen LogP contribution in [0.5, 0.6) is 0 Å². The zero-order valence-corrected chi connectivity index (χ0v) is 8.51. The standard InChI is InChI=1S/C7H11N3O2S/c1-4(2)5-6(10(11)12)7(13)9(3)8-5/h4,8H,1-3H3. The van der Waals surface area contributed by atoms with Crippen LogP contribution in [0.15, 0.2) is 0 Å². The van der Waals surface area contributed by atoms with Crippen molar-refractivity contribution in [3.63, 3.8) is 0 Å². The molecule has 0 aliphatic heterocycles. The maximum Gasteiger partial charge on any atom is 0.326 e. The van der Waals surface area contributed by atoms with Gasteiger partial charge in [-0.1, -0.05) is 26.1 Å². The zero-order chi connectivity index (χ0) is 10.2. The molecule has 0 fully saturated rings. The third-order valence-electron chi connectivity index (χ3n) is 1.81. The minimum absolute atomic E-state index is 0.0208. The summed E-state index contributed by atoms with van der Waals surface area (Å²) in [7, 11) is 1.67. The van der Waals surface area contributed by atoms with Crippen LogP contribution in [0.2, 0.25) is 0 Å². The normalized spacial score (nSPS) is 10.8. The number of nitrogens with one attached hydrogen (secondary N) is 1. The molecule has 0 amide bonds. The summed E-state index contributed by atoms with van der Waals surface area (Å²) in [5.41, 5.74) is 0.602. The third kappa shape index (κ3) is 1.62. The number of H-pyrrole nitrogens is 1. The highest BCUT2D eigenvalue weighted by Gasteiger charge is 2.22. The molecule has 72 valence electrons. The molecule has 5 nitrogen and oxygen atoms in total. The number of nitrogens with zero attached hydrogens (tertiary/aromatic N) is 2. The Kier molecular flexibility index (Phi) is 2.51. The van der Waals surface area contributed by atoms with Crippen molar-refractivity contribution in [3.05, 3.63) is 20.4 Å². The third-order valence-corrected chi connectivity index (χ3v) is 2.28. The van der Waals surface area contributed by atoms with E-state index in [2.05, 4.69) is 5.10 Å². The zero-order valence-electron chi connectivity index (χ0n) is 7.70. The molecular weight excluding hydrogens is 190 g/mol. The van der Waals surface area contributed by atoms with Crippen molar-refractivity contribution in [3.8, 4) is 0 Å². The summed E-state index contributed by atoms with van der Waals surface area (Å²) in [6, 6.07) is 0. The van der Waals surface area contributed by atoms with Gasteiger partial charge in [-0.15, -0.1) is 0 Å². The summed E-state index contributed by atoms with van der Waals surface area (Å²) in [4.78, 5) is 10.2. The monoisotopic (exact) mass is 201 g/mol. The lowest BCUT2D eigenvalue weighted by Crippen LogP contribution is -1.95. The molecule has 1 aromatic rings. The molecule has 0 radical (unpaired) electrons. The lowest BCUT2D eigenvalue weighted by atomic mass is 10.1. The van der Waals surface area contributed by atoms with E-state index in [0.29, 0.717) is 5.69 Å². The Balaban J connectivity index is 3.45. The smallest absolute Gasteiger partial charge is 0.295 e. The molecular formula is C7H11N3O2S. The van der Waals surface area contributed by atoms with E-state index in [1.54, 1.807) is 7.05 Å². The maximum atomic E-state index is 10.7. The van der Waals surface area contributed by atoms with Crippen LogP contribution in [0.1, 0.15) is 25.5 Å². The Bertz CT molecular complexity index is 391. The quantitative estimate of drug-likeness (QED) is 0.453. The number of aryl methyl sites for hydroxylation is 1. The first kappa shape index (κ1) is 9.91. The summed E-state index contributed by atoms with van der Waals surface area (Å²) in [5, 5.41) is 13.5. The van der Waals surface area contributed by atoms with Crippen LogP contribution in [-0.4, -0.2) is 14.7 Å². The predicted molar refractivity (Wildman–Crippen MR) is 51.3 cm³/mol. The highest BCUT2D eigenvalue weighted by Crippen LogP contribution is 2.25. The van der Waals surface area contributed by atoms with E-state index in [1.165, 1.54) is 4.68 Å². The van der Waals surface area contributed by atoms with Gasteiger partial charge in [-0.05, 0) is 0 Å². The fraction of sp³-hybridized carbons (Fsp3) is 0.571. The minimum atomic E-state index is -0.436. The van der Waals surface area contributed by atoms with Gasteiger partial charge in [0, 0.05) is 13.0 Å². The Morgan fingerprint density at radius 3 is 2.46 bits per heavy atom. The van der Waals surface area contributed by atoms with Gasteiger partial charge in [0.15, 0.2) is 0 Å². The molecule has 1 aromatic heterocycles. The van der Waals surface area contributed by atoms with Crippen molar-refractivity contribution >= 4 is 17.9 Å². The molecule has 0 bridgehead atoms. The topological polar surface area (TPSA) is 63.9 Å². The van der Waals surface area contributed by atoms with E-state index in [9.17, 15) is 10.1 Å². The molecule has 0 unspecified atom stereocenters. The molecule has 1 N–H and O–H groups in total. The van der Waals surface area contributed by atoms with Gasteiger partial charge in [0.05, 0.1) is 4.92 Å². The molecule has 1 rings (SSSR count). The highest BCUT2D eigenvalue weighted by atomic mass is 32.1. The molecule has 0 aliphatic rings. The second kappa shape index (κ2) is 3.29. The van der Waals surface area contributed by atoms with Crippen LogP contribution >= 0.6 is 12.2 Å². The lowest BCUT2D eigenvalue weighted by Gasteiger charge is -1.98. The molecule has 1 heterocycles. The van der Waals surface area contributed by atoms with Crippen molar-refractivity contribution in [1.29, 1.82) is 0 Å². The summed E-state index contributed by atoms with van der Waals surface area (Å²) in [6.07, 6.45) is 0. The first-order chi connectivity index (χ1) is 5.95. The summed E-state index contributed by atoms with van der Waals surface area (Å²) in [6.45, 7) is 3.77. The summed E-state index contributed by atoms with van der Waals surface area (Å²) < 4.78 is 1.73. The van der Waals surface area contributed by atoms with Crippen LogP contribution in [0.4, 0.5) is 5.69 Å². The maximum absolute atomic E-state index is 10.7. The Morgan fingerprint density at radius 2 is 2.15 bits per heavy atom. The Hall–Kier alpha value is -1.17. The van der Waals surface area contributed by atoms with Gasteiger partial charge >= 0.3 is 5.69 Å². The van der Waals surface area contributed by atoms with Crippen molar-refractivity contribution in [1.82, 2.24) is 9.78 Å². The van der Waals surface area contributed by atoms with Crippen molar-refractivity contribution < 1.29 is 4.92 Å². The van der Waals surface area contributed by atoms with Crippen molar-refractivity contribution in [2.24, 2.45) is 7.05 Å². The van der Waals surface area contributed by atoms with Crippen LogP contribution in [0, 0.1) is 14.8 Å². The molecule has 0 saturated heterocycles. The van der Waals surface area contributed by atoms with E-state index < -0.39 is 4.92 Å². The van der Waals surface area contributed by atoms with Gasteiger partial charge in [0.2, 0.25) is 4.64 Å². The van der Waals surface area contributed by atoms with Crippen LogP contribution in [-0.2, 0) is 7.05 Å².